The van der Waals surface area contributed by atoms with Crippen LogP contribution in [-0.2, 0) is 13.6 Å². The highest BCUT2D eigenvalue weighted by Gasteiger charge is 2.12. The zero-order valence-electron chi connectivity index (χ0n) is 9.25. The van der Waals surface area contributed by atoms with Crippen LogP contribution in [0.2, 0.25) is 0 Å². The van der Waals surface area contributed by atoms with Crippen LogP contribution in [-0.4, -0.2) is 27.5 Å². The van der Waals surface area contributed by atoms with E-state index in [4.69, 9.17) is 0 Å². The van der Waals surface area contributed by atoms with E-state index in [-0.39, 0.29) is 0 Å². The van der Waals surface area contributed by atoms with Gasteiger partial charge >= 0.3 is 0 Å². The van der Waals surface area contributed by atoms with E-state index in [1.54, 1.807) is 0 Å². The molecular formula is C11H18BrN3. The van der Waals surface area contributed by atoms with Crippen molar-refractivity contribution in [2.24, 2.45) is 7.05 Å². The average molecular weight is 272 g/mol. The summed E-state index contributed by atoms with van der Waals surface area (Å²) in [6, 6.07) is 0. The number of aryl methyl sites for hydroxylation is 1. The van der Waals surface area contributed by atoms with Crippen LogP contribution in [0.25, 0.3) is 0 Å². The minimum atomic E-state index is 0.940. The molecule has 0 spiro atoms. The van der Waals surface area contributed by atoms with E-state index < -0.39 is 0 Å². The van der Waals surface area contributed by atoms with Gasteiger partial charge in [-0.15, -0.1) is 0 Å². The number of hydrogen-bond donors (Lipinski definition) is 0. The van der Waals surface area contributed by atoms with Crippen LogP contribution in [0.15, 0.2) is 10.8 Å². The van der Waals surface area contributed by atoms with Gasteiger partial charge in [-0.2, -0.15) is 0 Å². The second kappa shape index (κ2) is 5.12. The molecule has 0 amide bonds. The molecule has 2 rings (SSSR count). The van der Waals surface area contributed by atoms with Crippen LogP contribution >= 0.6 is 15.9 Å². The number of aromatic nitrogens is 2. The van der Waals surface area contributed by atoms with E-state index in [0.717, 1.165) is 17.0 Å². The van der Waals surface area contributed by atoms with Crippen LogP contribution in [0, 0.1) is 0 Å². The van der Waals surface area contributed by atoms with Gasteiger partial charge in [0.15, 0.2) is 0 Å². The van der Waals surface area contributed by atoms with Crippen LogP contribution in [0.1, 0.15) is 31.5 Å². The van der Waals surface area contributed by atoms with Crippen molar-refractivity contribution >= 4 is 15.9 Å². The second-order valence-corrected chi connectivity index (χ2v) is 5.09. The van der Waals surface area contributed by atoms with Gasteiger partial charge in [0.1, 0.15) is 10.4 Å². The van der Waals surface area contributed by atoms with Crippen molar-refractivity contribution in [3.05, 3.63) is 16.6 Å². The molecule has 2 heterocycles. The van der Waals surface area contributed by atoms with E-state index in [1.165, 1.54) is 38.8 Å². The Hall–Kier alpha value is -0.350. The molecule has 0 aliphatic carbocycles. The topological polar surface area (TPSA) is 21.1 Å². The van der Waals surface area contributed by atoms with Gasteiger partial charge in [0.25, 0.3) is 0 Å². The highest BCUT2D eigenvalue weighted by atomic mass is 79.9. The van der Waals surface area contributed by atoms with E-state index in [0.29, 0.717) is 0 Å². The fraction of sp³-hybridized carbons (Fsp3) is 0.727. The Kier molecular flexibility index (Phi) is 3.81. The van der Waals surface area contributed by atoms with E-state index >= 15 is 0 Å². The van der Waals surface area contributed by atoms with Gasteiger partial charge in [0, 0.05) is 13.2 Å². The van der Waals surface area contributed by atoms with Gasteiger partial charge in [0.2, 0.25) is 0 Å². The molecule has 1 fully saturated rings. The maximum absolute atomic E-state index is 4.47. The van der Waals surface area contributed by atoms with E-state index in [9.17, 15) is 0 Å². The quantitative estimate of drug-likeness (QED) is 0.825. The third-order valence-corrected chi connectivity index (χ3v) is 3.39. The molecule has 0 saturated carbocycles. The summed E-state index contributed by atoms with van der Waals surface area (Å²) in [6.45, 7) is 3.44. The highest BCUT2D eigenvalue weighted by Crippen LogP contribution is 2.14. The molecule has 3 nitrogen and oxygen atoms in total. The first-order valence-electron chi connectivity index (χ1n) is 5.66. The SMILES string of the molecule is Cn1cc(Br)nc1CN1CCCCCC1. The lowest BCUT2D eigenvalue weighted by Gasteiger charge is -2.18. The Bertz CT molecular complexity index is 314. The lowest BCUT2D eigenvalue weighted by Crippen LogP contribution is -2.25. The Morgan fingerprint density at radius 1 is 1.27 bits per heavy atom. The second-order valence-electron chi connectivity index (χ2n) is 4.28. The molecule has 1 saturated heterocycles. The Morgan fingerprint density at radius 3 is 2.47 bits per heavy atom. The van der Waals surface area contributed by atoms with E-state index in [1.807, 2.05) is 6.20 Å². The summed E-state index contributed by atoms with van der Waals surface area (Å²) < 4.78 is 3.05. The van der Waals surface area contributed by atoms with Gasteiger partial charge in [-0.1, -0.05) is 12.8 Å². The lowest BCUT2D eigenvalue weighted by atomic mass is 10.2. The molecular weight excluding hydrogens is 254 g/mol. The summed E-state index contributed by atoms with van der Waals surface area (Å²) >= 11 is 3.41. The largest absolute Gasteiger partial charge is 0.336 e. The van der Waals surface area contributed by atoms with Crippen LogP contribution in [0.4, 0.5) is 0 Å². The molecule has 0 N–H and O–H groups in total. The van der Waals surface area contributed by atoms with Crippen LogP contribution in [0.5, 0.6) is 0 Å². The van der Waals surface area contributed by atoms with Gasteiger partial charge in [-0.25, -0.2) is 4.98 Å². The van der Waals surface area contributed by atoms with Crippen LogP contribution in [0.3, 0.4) is 0 Å². The van der Waals surface area contributed by atoms with Gasteiger partial charge in [-0.3, -0.25) is 4.90 Å². The summed E-state index contributed by atoms with van der Waals surface area (Å²) in [7, 11) is 2.06. The smallest absolute Gasteiger partial charge is 0.124 e. The molecule has 84 valence electrons. The van der Waals surface area contributed by atoms with Crippen molar-refractivity contribution in [2.45, 2.75) is 32.2 Å². The fourth-order valence-corrected chi connectivity index (χ4v) is 2.62. The number of halogens is 1. The summed E-state index contributed by atoms with van der Waals surface area (Å²) in [5, 5.41) is 0. The third-order valence-electron chi connectivity index (χ3n) is 3.01. The normalized spacial score (nSPS) is 19.1. The van der Waals surface area contributed by atoms with E-state index in [2.05, 4.69) is 37.4 Å². The molecule has 1 aromatic heterocycles. The van der Waals surface area contributed by atoms with Crippen molar-refractivity contribution in [3.63, 3.8) is 0 Å². The Morgan fingerprint density at radius 2 is 1.93 bits per heavy atom. The lowest BCUT2D eigenvalue weighted by molar-refractivity contribution is 0.267. The first-order valence-corrected chi connectivity index (χ1v) is 6.45. The molecule has 0 unspecified atom stereocenters. The van der Waals surface area contributed by atoms with Gasteiger partial charge < -0.3 is 4.57 Å². The number of nitrogens with zero attached hydrogens (tertiary/aromatic N) is 3. The van der Waals surface area contributed by atoms with Gasteiger partial charge in [0.05, 0.1) is 6.54 Å². The van der Waals surface area contributed by atoms with Crippen molar-refractivity contribution in [1.29, 1.82) is 0 Å². The predicted octanol–water partition coefficient (Wildman–Crippen LogP) is 2.56. The molecule has 15 heavy (non-hydrogen) atoms. The van der Waals surface area contributed by atoms with Gasteiger partial charge in [-0.05, 0) is 41.9 Å². The fourth-order valence-electron chi connectivity index (χ4n) is 2.11. The molecule has 4 heteroatoms. The minimum absolute atomic E-state index is 0.940. The molecule has 0 bridgehead atoms. The van der Waals surface area contributed by atoms with Crippen molar-refractivity contribution in [2.75, 3.05) is 13.1 Å². The summed E-state index contributed by atoms with van der Waals surface area (Å²) in [5.41, 5.74) is 0. The number of rotatable bonds is 2. The molecule has 1 aromatic rings. The summed E-state index contributed by atoms with van der Waals surface area (Å²) in [4.78, 5) is 6.99. The monoisotopic (exact) mass is 271 g/mol. The Labute approximate surface area is 99.6 Å². The van der Waals surface area contributed by atoms with Crippen LogP contribution < -0.4 is 0 Å². The summed E-state index contributed by atoms with van der Waals surface area (Å²) in [6.07, 6.45) is 7.48. The zero-order chi connectivity index (χ0) is 10.7. The molecule has 1 aliphatic heterocycles. The number of imidazole rings is 1. The molecule has 1 aliphatic rings. The first kappa shape index (κ1) is 11.1. The van der Waals surface area contributed by atoms with Crippen molar-refractivity contribution < 1.29 is 0 Å². The molecule has 0 aromatic carbocycles. The third kappa shape index (κ3) is 3.05. The zero-order valence-corrected chi connectivity index (χ0v) is 10.8. The summed E-state index contributed by atoms with van der Waals surface area (Å²) in [5.74, 6) is 1.16. The number of hydrogen-bond acceptors (Lipinski definition) is 2. The first-order chi connectivity index (χ1) is 7.25. The van der Waals surface area contributed by atoms with Crippen molar-refractivity contribution in [1.82, 2.24) is 14.5 Å². The standard InChI is InChI=1S/C11H18BrN3/c1-14-8-10(12)13-11(14)9-15-6-4-2-3-5-7-15/h8H,2-7,9H2,1H3. The molecule has 0 atom stereocenters. The minimum Gasteiger partial charge on any atom is -0.336 e. The average Bonchev–Trinajstić information content (AvgIpc) is 2.44. The maximum atomic E-state index is 4.47. The number of likely N-dealkylation sites (tertiary alicyclic amines) is 1. The molecule has 0 radical (unpaired) electrons. The van der Waals surface area contributed by atoms with Crippen molar-refractivity contribution in [3.8, 4) is 0 Å². The Balaban J connectivity index is 1.97. The maximum Gasteiger partial charge on any atom is 0.124 e. The highest BCUT2D eigenvalue weighted by molar-refractivity contribution is 9.10. The predicted molar refractivity (Wildman–Crippen MR) is 64.7 cm³/mol.